The zero-order valence-electron chi connectivity index (χ0n) is 9.92. The van der Waals surface area contributed by atoms with Gasteiger partial charge in [-0.1, -0.05) is 25.1 Å². The second-order valence-electron chi connectivity index (χ2n) is 4.22. The molecule has 1 heterocycles. The van der Waals surface area contributed by atoms with Crippen LogP contribution in [0.5, 0.6) is 5.75 Å². The first-order valence-corrected chi connectivity index (χ1v) is 5.63. The van der Waals surface area contributed by atoms with Crippen molar-refractivity contribution in [2.45, 2.75) is 13.3 Å². The van der Waals surface area contributed by atoms with E-state index in [4.69, 9.17) is 5.11 Å². The number of benzene rings is 1. The van der Waals surface area contributed by atoms with Gasteiger partial charge in [-0.3, -0.25) is 9.89 Å². The van der Waals surface area contributed by atoms with Gasteiger partial charge in [-0.15, -0.1) is 0 Å². The summed E-state index contributed by atoms with van der Waals surface area (Å²) >= 11 is 0. The summed E-state index contributed by atoms with van der Waals surface area (Å²) in [4.78, 5) is 10.9. The number of rotatable bonds is 4. The van der Waals surface area contributed by atoms with Crippen LogP contribution in [-0.2, 0) is 11.2 Å². The largest absolute Gasteiger partial charge is 0.507 e. The fourth-order valence-electron chi connectivity index (χ4n) is 1.80. The van der Waals surface area contributed by atoms with Crippen molar-refractivity contribution in [3.05, 3.63) is 36.2 Å². The maximum atomic E-state index is 10.9. The molecule has 18 heavy (non-hydrogen) atoms. The Bertz CT molecular complexity index is 563. The summed E-state index contributed by atoms with van der Waals surface area (Å²) in [5.41, 5.74) is 2.10. The molecule has 5 nitrogen and oxygen atoms in total. The summed E-state index contributed by atoms with van der Waals surface area (Å²) in [7, 11) is 0. The number of para-hydroxylation sites is 1. The SMILES string of the molecule is CC(Cc1[nH]ncc1-c1ccccc1O)C(=O)O. The number of aromatic nitrogens is 2. The molecule has 2 aromatic rings. The highest BCUT2D eigenvalue weighted by atomic mass is 16.4. The number of carboxylic acids is 1. The van der Waals surface area contributed by atoms with Crippen LogP contribution < -0.4 is 0 Å². The standard InChI is InChI=1S/C13H14N2O3/c1-8(13(17)18)6-11-10(7-14-15-11)9-4-2-3-5-12(9)16/h2-5,7-8,16H,6H2,1H3,(H,14,15)(H,17,18). The average molecular weight is 246 g/mol. The molecule has 0 aliphatic rings. The van der Waals surface area contributed by atoms with Gasteiger partial charge in [-0.25, -0.2) is 0 Å². The van der Waals surface area contributed by atoms with Crippen LogP contribution in [0.15, 0.2) is 30.5 Å². The molecule has 0 aliphatic carbocycles. The molecular formula is C13H14N2O3. The number of phenols is 1. The second kappa shape index (κ2) is 4.91. The van der Waals surface area contributed by atoms with Gasteiger partial charge in [0.15, 0.2) is 0 Å². The molecule has 1 aromatic carbocycles. The summed E-state index contributed by atoms with van der Waals surface area (Å²) in [6, 6.07) is 6.91. The van der Waals surface area contributed by atoms with Crippen LogP contribution >= 0.6 is 0 Å². The average Bonchev–Trinajstić information content (AvgIpc) is 2.77. The van der Waals surface area contributed by atoms with Crippen molar-refractivity contribution in [2.75, 3.05) is 0 Å². The molecule has 94 valence electrons. The lowest BCUT2D eigenvalue weighted by molar-refractivity contribution is -0.141. The number of carbonyl (C=O) groups is 1. The lowest BCUT2D eigenvalue weighted by Crippen LogP contribution is -2.12. The Morgan fingerprint density at radius 3 is 2.78 bits per heavy atom. The number of aromatic hydroxyl groups is 1. The van der Waals surface area contributed by atoms with Gasteiger partial charge in [-0.05, 0) is 6.07 Å². The summed E-state index contributed by atoms with van der Waals surface area (Å²) < 4.78 is 0. The quantitative estimate of drug-likeness (QED) is 0.770. The molecule has 0 aliphatic heterocycles. The van der Waals surface area contributed by atoms with E-state index >= 15 is 0 Å². The Morgan fingerprint density at radius 2 is 2.11 bits per heavy atom. The van der Waals surface area contributed by atoms with Crippen molar-refractivity contribution in [3.8, 4) is 16.9 Å². The predicted octanol–water partition coefficient (Wildman–Crippen LogP) is 2.05. The number of H-pyrrole nitrogens is 1. The van der Waals surface area contributed by atoms with E-state index in [0.717, 1.165) is 5.56 Å². The third-order valence-corrected chi connectivity index (χ3v) is 2.84. The fraction of sp³-hybridized carbons (Fsp3) is 0.231. The van der Waals surface area contributed by atoms with Crippen LogP contribution in [0.4, 0.5) is 0 Å². The van der Waals surface area contributed by atoms with E-state index in [-0.39, 0.29) is 5.75 Å². The number of aliphatic carboxylic acids is 1. The summed E-state index contributed by atoms with van der Waals surface area (Å²) in [6.07, 6.45) is 1.94. The van der Waals surface area contributed by atoms with E-state index in [0.29, 0.717) is 17.7 Å². The van der Waals surface area contributed by atoms with Crippen molar-refractivity contribution in [1.29, 1.82) is 0 Å². The monoisotopic (exact) mass is 246 g/mol. The van der Waals surface area contributed by atoms with Crippen molar-refractivity contribution in [3.63, 3.8) is 0 Å². The van der Waals surface area contributed by atoms with E-state index in [1.165, 1.54) is 0 Å². The molecule has 0 fully saturated rings. The van der Waals surface area contributed by atoms with Crippen LogP contribution in [0.25, 0.3) is 11.1 Å². The maximum Gasteiger partial charge on any atom is 0.306 e. The highest BCUT2D eigenvalue weighted by Crippen LogP contribution is 2.31. The molecule has 0 bridgehead atoms. The molecule has 0 spiro atoms. The zero-order chi connectivity index (χ0) is 13.1. The summed E-state index contributed by atoms with van der Waals surface area (Å²) in [6.45, 7) is 1.64. The van der Waals surface area contributed by atoms with E-state index in [1.807, 2.05) is 6.07 Å². The summed E-state index contributed by atoms with van der Waals surface area (Å²) in [5.74, 6) is -1.20. The van der Waals surface area contributed by atoms with Crippen LogP contribution in [0.3, 0.4) is 0 Å². The Kier molecular flexibility index (Phi) is 3.32. The third-order valence-electron chi connectivity index (χ3n) is 2.84. The van der Waals surface area contributed by atoms with Crippen molar-refractivity contribution < 1.29 is 15.0 Å². The molecule has 3 N–H and O–H groups in total. The number of nitrogens with zero attached hydrogens (tertiary/aromatic N) is 1. The maximum absolute atomic E-state index is 10.9. The van der Waals surface area contributed by atoms with Gasteiger partial charge >= 0.3 is 5.97 Å². The molecule has 1 aromatic heterocycles. The van der Waals surface area contributed by atoms with Gasteiger partial charge in [0.25, 0.3) is 0 Å². The predicted molar refractivity (Wildman–Crippen MR) is 66.2 cm³/mol. The lowest BCUT2D eigenvalue weighted by atomic mass is 9.99. The van der Waals surface area contributed by atoms with Gasteiger partial charge < -0.3 is 10.2 Å². The minimum atomic E-state index is -0.854. The van der Waals surface area contributed by atoms with Gasteiger partial charge in [0.1, 0.15) is 5.75 Å². The zero-order valence-corrected chi connectivity index (χ0v) is 9.92. The Balaban J connectivity index is 2.34. The first kappa shape index (κ1) is 12.2. The van der Waals surface area contributed by atoms with Crippen molar-refractivity contribution in [1.82, 2.24) is 10.2 Å². The Morgan fingerprint density at radius 1 is 1.39 bits per heavy atom. The highest BCUT2D eigenvalue weighted by molar-refractivity contribution is 5.73. The number of hydrogen-bond acceptors (Lipinski definition) is 3. The minimum Gasteiger partial charge on any atom is -0.507 e. The van der Waals surface area contributed by atoms with E-state index < -0.39 is 11.9 Å². The van der Waals surface area contributed by atoms with E-state index in [1.54, 1.807) is 31.3 Å². The minimum absolute atomic E-state index is 0.156. The lowest BCUT2D eigenvalue weighted by Gasteiger charge is -2.08. The van der Waals surface area contributed by atoms with Crippen LogP contribution in [0.2, 0.25) is 0 Å². The normalized spacial score (nSPS) is 12.3. The molecule has 0 saturated carbocycles. The van der Waals surface area contributed by atoms with E-state index in [9.17, 15) is 9.90 Å². The van der Waals surface area contributed by atoms with Crippen LogP contribution in [0.1, 0.15) is 12.6 Å². The van der Waals surface area contributed by atoms with Crippen LogP contribution in [-0.4, -0.2) is 26.4 Å². The fourth-order valence-corrected chi connectivity index (χ4v) is 1.80. The van der Waals surface area contributed by atoms with Gasteiger partial charge in [0.05, 0.1) is 12.1 Å². The molecule has 1 atom stereocenters. The topological polar surface area (TPSA) is 86.2 Å². The van der Waals surface area contributed by atoms with Gasteiger partial charge in [0, 0.05) is 23.2 Å². The molecule has 1 unspecified atom stereocenters. The van der Waals surface area contributed by atoms with Crippen molar-refractivity contribution >= 4 is 5.97 Å². The number of phenolic OH excluding ortho intramolecular Hbond substituents is 1. The Labute approximate surface area is 104 Å². The smallest absolute Gasteiger partial charge is 0.306 e. The molecule has 0 radical (unpaired) electrons. The molecule has 2 rings (SSSR count). The summed E-state index contributed by atoms with van der Waals surface area (Å²) in [5, 5.41) is 25.4. The molecule has 5 heteroatoms. The van der Waals surface area contributed by atoms with Gasteiger partial charge in [0.2, 0.25) is 0 Å². The van der Waals surface area contributed by atoms with Crippen molar-refractivity contribution in [2.24, 2.45) is 5.92 Å². The number of nitrogens with one attached hydrogen (secondary N) is 1. The molecular weight excluding hydrogens is 232 g/mol. The highest BCUT2D eigenvalue weighted by Gasteiger charge is 2.17. The number of aromatic amines is 1. The first-order valence-electron chi connectivity index (χ1n) is 5.63. The third kappa shape index (κ3) is 2.34. The molecule has 0 amide bonds. The first-order chi connectivity index (χ1) is 8.59. The van der Waals surface area contributed by atoms with Crippen LogP contribution in [0, 0.1) is 5.92 Å². The Hall–Kier alpha value is -2.30. The van der Waals surface area contributed by atoms with E-state index in [2.05, 4.69) is 10.2 Å². The number of carboxylic acid groups (broad SMARTS) is 1. The van der Waals surface area contributed by atoms with Gasteiger partial charge in [-0.2, -0.15) is 5.10 Å². The second-order valence-corrected chi connectivity index (χ2v) is 4.22. The number of hydrogen-bond donors (Lipinski definition) is 3. The molecule has 0 saturated heterocycles.